The van der Waals surface area contributed by atoms with Crippen molar-refractivity contribution in [1.29, 1.82) is 0 Å². The number of piperidine rings is 1. The van der Waals surface area contributed by atoms with Crippen LogP contribution < -0.4 is 5.32 Å². The first-order chi connectivity index (χ1) is 9.04. The number of amides is 1. The summed E-state index contributed by atoms with van der Waals surface area (Å²) in [6.07, 6.45) is 2.16. The van der Waals surface area contributed by atoms with Crippen LogP contribution in [0.3, 0.4) is 0 Å². The minimum atomic E-state index is 0. The standard InChI is InChI=1S/C13H21BrN4O.ClH/c1-8(2)11-10(14)12(17-16-11)13(19)18-6-4-5-9(7-18)15-3;/h8-9,15H,4-7H2,1-3H3,(H,16,17);1H. The van der Waals surface area contributed by atoms with Crippen molar-refractivity contribution in [3.8, 4) is 0 Å². The van der Waals surface area contributed by atoms with Crippen LogP contribution in [0.5, 0.6) is 0 Å². The highest BCUT2D eigenvalue weighted by Gasteiger charge is 2.27. The zero-order valence-electron chi connectivity index (χ0n) is 12.1. The summed E-state index contributed by atoms with van der Waals surface area (Å²) < 4.78 is 0.805. The summed E-state index contributed by atoms with van der Waals surface area (Å²) in [6.45, 7) is 5.72. The highest BCUT2D eigenvalue weighted by atomic mass is 79.9. The number of hydrogen-bond acceptors (Lipinski definition) is 3. The minimum absolute atomic E-state index is 0. The molecule has 1 aromatic heterocycles. The number of likely N-dealkylation sites (tertiary alicyclic amines) is 1. The molecule has 7 heteroatoms. The van der Waals surface area contributed by atoms with Crippen molar-refractivity contribution in [2.24, 2.45) is 0 Å². The average molecular weight is 366 g/mol. The predicted octanol–water partition coefficient (Wildman–Crippen LogP) is 2.54. The number of H-pyrrole nitrogens is 1. The number of aromatic nitrogens is 2. The first kappa shape index (κ1) is 17.5. The van der Waals surface area contributed by atoms with E-state index in [-0.39, 0.29) is 18.3 Å². The van der Waals surface area contributed by atoms with Gasteiger partial charge in [-0.3, -0.25) is 9.89 Å². The van der Waals surface area contributed by atoms with Crippen molar-refractivity contribution in [2.45, 2.75) is 38.6 Å². The van der Waals surface area contributed by atoms with Gasteiger partial charge in [0.05, 0.1) is 10.2 Å². The summed E-state index contributed by atoms with van der Waals surface area (Å²) >= 11 is 3.49. The van der Waals surface area contributed by atoms with Crippen LogP contribution in [0, 0.1) is 0 Å². The molecule has 1 atom stereocenters. The zero-order valence-corrected chi connectivity index (χ0v) is 14.5. The lowest BCUT2D eigenvalue weighted by atomic mass is 10.1. The van der Waals surface area contributed by atoms with E-state index in [1.54, 1.807) is 0 Å². The SMILES string of the molecule is CNC1CCCN(C(=O)c2n[nH]c(C(C)C)c2Br)C1.Cl. The van der Waals surface area contributed by atoms with E-state index in [2.05, 4.69) is 45.3 Å². The quantitative estimate of drug-likeness (QED) is 0.865. The number of halogens is 2. The molecule has 1 aromatic rings. The van der Waals surface area contributed by atoms with Gasteiger partial charge in [-0.1, -0.05) is 13.8 Å². The molecule has 0 aromatic carbocycles. The van der Waals surface area contributed by atoms with Crippen LogP contribution in [0.4, 0.5) is 0 Å². The van der Waals surface area contributed by atoms with E-state index < -0.39 is 0 Å². The Balaban J connectivity index is 0.00000200. The lowest BCUT2D eigenvalue weighted by Gasteiger charge is -2.32. The van der Waals surface area contributed by atoms with E-state index in [4.69, 9.17) is 0 Å². The summed E-state index contributed by atoms with van der Waals surface area (Å²) in [5.41, 5.74) is 1.48. The second kappa shape index (κ2) is 7.43. The number of carbonyl (C=O) groups excluding carboxylic acids is 1. The summed E-state index contributed by atoms with van der Waals surface area (Å²) in [5, 5.41) is 10.4. The third-order valence-electron chi connectivity index (χ3n) is 3.63. The molecule has 0 aliphatic carbocycles. The number of hydrogen-bond donors (Lipinski definition) is 2. The second-order valence-electron chi connectivity index (χ2n) is 5.33. The molecule has 1 aliphatic heterocycles. The van der Waals surface area contributed by atoms with Crippen LogP contribution >= 0.6 is 28.3 Å². The fraction of sp³-hybridized carbons (Fsp3) is 0.692. The first-order valence-corrected chi connectivity index (χ1v) is 7.54. The van der Waals surface area contributed by atoms with Gasteiger partial charge in [0, 0.05) is 19.1 Å². The molecule has 2 N–H and O–H groups in total. The Morgan fingerprint density at radius 1 is 1.55 bits per heavy atom. The normalized spacial score (nSPS) is 19.1. The Labute approximate surface area is 134 Å². The molecule has 1 unspecified atom stereocenters. The van der Waals surface area contributed by atoms with Crippen LogP contribution in [-0.2, 0) is 0 Å². The molecule has 5 nitrogen and oxygen atoms in total. The zero-order chi connectivity index (χ0) is 14.0. The molecular formula is C13H22BrClN4O. The van der Waals surface area contributed by atoms with Gasteiger partial charge in [0.1, 0.15) is 0 Å². The number of aromatic amines is 1. The number of nitrogens with one attached hydrogen (secondary N) is 2. The van der Waals surface area contributed by atoms with Crippen molar-refractivity contribution in [1.82, 2.24) is 20.4 Å². The van der Waals surface area contributed by atoms with Crippen LogP contribution in [0.15, 0.2) is 4.47 Å². The van der Waals surface area contributed by atoms with Crippen molar-refractivity contribution < 1.29 is 4.79 Å². The summed E-state index contributed by atoms with van der Waals surface area (Å²) in [7, 11) is 1.94. The molecule has 1 saturated heterocycles. The summed E-state index contributed by atoms with van der Waals surface area (Å²) in [5.74, 6) is 0.324. The van der Waals surface area contributed by atoms with Gasteiger partial charge in [0.15, 0.2) is 5.69 Å². The molecule has 20 heavy (non-hydrogen) atoms. The van der Waals surface area contributed by atoms with E-state index in [9.17, 15) is 4.79 Å². The molecule has 0 radical (unpaired) electrons. The third kappa shape index (κ3) is 3.54. The maximum atomic E-state index is 12.5. The predicted molar refractivity (Wildman–Crippen MR) is 85.6 cm³/mol. The van der Waals surface area contributed by atoms with Gasteiger partial charge in [-0.25, -0.2) is 0 Å². The molecule has 1 amide bonds. The maximum absolute atomic E-state index is 12.5. The van der Waals surface area contributed by atoms with Crippen molar-refractivity contribution in [3.63, 3.8) is 0 Å². The topological polar surface area (TPSA) is 61.0 Å². The van der Waals surface area contributed by atoms with Crippen LogP contribution in [0.25, 0.3) is 0 Å². The Hall–Kier alpha value is -0.590. The summed E-state index contributed by atoms with van der Waals surface area (Å²) in [4.78, 5) is 14.4. The van der Waals surface area contributed by atoms with Crippen LogP contribution in [0.1, 0.15) is 48.8 Å². The van der Waals surface area contributed by atoms with Crippen molar-refractivity contribution >= 4 is 34.2 Å². The lowest BCUT2D eigenvalue weighted by molar-refractivity contribution is 0.0691. The van der Waals surface area contributed by atoms with Gasteiger partial charge in [-0.2, -0.15) is 5.10 Å². The highest BCUT2D eigenvalue weighted by Crippen LogP contribution is 2.27. The van der Waals surface area contributed by atoms with Gasteiger partial charge in [0.25, 0.3) is 5.91 Å². The van der Waals surface area contributed by atoms with E-state index in [1.165, 1.54) is 0 Å². The molecule has 0 saturated carbocycles. The maximum Gasteiger partial charge on any atom is 0.275 e. The molecule has 2 heterocycles. The fourth-order valence-electron chi connectivity index (χ4n) is 2.41. The highest BCUT2D eigenvalue weighted by molar-refractivity contribution is 9.10. The smallest absolute Gasteiger partial charge is 0.275 e. The Morgan fingerprint density at radius 2 is 2.25 bits per heavy atom. The Kier molecular flexibility index (Phi) is 6.48. The van der Waals surface area contributed by atoms with Gasteiger partial charge in [-0.05, 0) is 41.7 Å². The molecular weight excluding hydrogens is 344 g/mol. The molecule has 114 valence electrons. The van der Waals surface area contributed by atoms with E-state index in [0.717, 1.165) is 36.1 Å². The molecule has 0 bridgehead atoms. The second-order valence-corrected chi connectivity index (χ2v) is 6.13. The van der Waals surface area contributed by atoms with Gasteiger partial charge in [-0.15, -0.1) is 12.4 Å². The van der Waals surface area contributed by atoms with Crippen molar-refractivity contribution in [3.05, 3.63) is 15.9 Å². The monoisotopic (exact) mass is 364 g/mol. The van der Waals surface area contributed by atoms with Crippen LogP contribution in [0.2, 0.25) is 0 Å². The van der Waals surface area contributed by atoms with E-state index >= 15 is 0 Å². The third-order valence-corrected chi connectivity index (χ3v) is 4.43. The lowest BCUT2D eigenvalue weighted by Crippen LogP contribution is -2.47. The first-order valence-electron chi connectivity index (χ1n) is 6.74. The number of carbonyl (C=O) groups is 1. The number of nitrogens with zero attached hydrogens (tertiary/aromatic N) is 2. The van der Waals surface area contributed by atoms with Gasteiger partial charge < -0.3 is 10.2 Å². The van der Waals surface area contributed by atoms with Crippen LogP contribution in [-0.4, -0.2) is 47.2 Å². The largest absolute Gasteiger partial charge is 0.336 e. The van der Waals surface area contributed by atoms with Gasteiger partial charge >= 0.3 is 0 Å². The summed E-state index contributed by atoms with van der Waals surface area (Å²) in [6, 6.07) is 0.389. The van der Waals surface area contributed by atoms with Crippen molar-refractivity contribution in [2.75, 3.05) is 20.1 Å². The van der Waals surface area contributed by atoms with E-state index in [0.29, 0.717) is 17.7 Å². The fourth-order valence-corrected chi connectivity index (χ4v) is 3.22. The molecule has 0 spiro atoms. The molecule has 2 rings (SSSR count). The Morgan fingerprint density at radius 3 is 2.80 bits per heavy atom. The minimum Gasteiger partial charge on any atom is -0.336 e. The number of likely N-dealkylation sites (N-methyl/N-ethyl adjacent to an activating group) is 1. The van der Waals surface area contributed by atoms with Gasteiger partial charge in [0.2, 0.25) is 0 Å². The molecule has 1 aliphatic rings. The number of rotatable bonds is 3. The van der Waals surface area contributed by atoms with E-state index in [1.807, 2.05) is 11.9 Å². The molecule has 1 fully saturated rings. The average Bonchev–Trinajstić information content (AvgIpc) is 2.80. The Bertz CT molecular complexity index is 463.